The first kappa shape index (κ1) is 21.9. The molecule has 3 aromatic rings. The number of aromatic nitrogens is 2. The molecule has 0 saturated carbocycles. The van der Waals surface area contributed by atoms with Crippen LogP contribution in [0.15, 0.2) is 23.0 Å². The summed E-state index contributed by atoms with van der Waals surface area (Å²) >= 11 is 1.36. The molecule has 1 fully saturated rings. The van der Waals surface area contributed by atoms with E-state index < -0.39 is 0 Å². The first-order valence-corrected chi connectivity index (χ1v) is 12.4. The number of amides is 1. The van der Waals surface area contributed by atoms with Gasteiger partial charge in [-0.1, -0.05) is 12.5 Å². The van der Waals surface area contributed by atoms with Gasteiger partial charge in [-0.15, -0.1) is 11.3 Å². The van der Waals surface area contributed by atoms with Crippen LogP contribution in [-0.4, -0.2) is 41.1 Å². The lowest BCUT2D eigenvalue weighted by Crippen LogP contribution is -2.30. The molecule has 0 N–H and O–H groups in total. The van der Waals surface area contributed by atoms with Gasteiger partial charge in [0.25, 0.3) is 11.5 Å². The minimum absolute atomic E-state index is 0.00237. The maximum atomic E-state index is 13.7. The monoisotopic (exact) mass is 467 g/mol. The van der Waals surface area contributed by atoms with Crippen molar-refractivity contribution in [2.45, 2.75) is 58.0 Å². The number of thiophene rings is 1. The maximum Gasteiger partial charge on any atom is 0.264 e. The molecule has 4 heterocycles. The SMILES string of the molecule is COc1ccc([C@H]2CCCN2C(=O)c2sc3nc4n(c(=O)c3c2C)CCCCC4)cc1OC. The lowest BCUT2D eigenvalue weighted by atomic mass is 10.0. The third-order valence-electron chi connectivity index (χ3n) is 6.91. The van der Waals surface area contributed by atoms with Crippen LogP contribution in [0.25, 0.3) is 10.2 Å². The van der Waals surface area contributed by atoms with Crippen molar-refractivity contribution in [1.82, 2.24) is 14.5 Å². The Morgan fingerprint density at radius 3 is 2.70 bits per heavy atom. The first-order valence-electron chi connectivity index (χ1n) is 11.6. The molecule has 0 aliphatic carbocycles. The standard InChI is InChI=1S/C25H29N3O4S/c1-15-21-23(26-20-9-5-4-6-12-28(20)24(21)29)33-22(15)25(30)27-13-7-8-17(27)16-10-11-18(31-2)19(14-16)32-3/h10-11,14,17H,4-9,12-13H2,1-3H3/t17-/m1/s1. The Bertz CT molecular complexity index is 1280. The summed E-state index contributed by atoms with van der Waals surface area (Å²) in [6, 6.07) is 5.81. The average molecular weight is 468 g/mol. The van der Waals surface area contributed by atoms with Gasteiger partial charge in [0.15, 0.2) is 11.5 Å². The molecule has 5 rings (SSSR count). The van der Waals surface area contributed by atoms with Crippen LogP contribution in [0.1, 0.15) is 64.8 Å². The molecule has 1 aromatic carbocycles. The van der Waals surface area contributed by atoms with E-state index in [0.29, 0.717) is 39.7 Å². The number of carbonyl (C=O) groups excluding carboxylic acids is 1. The first-order chi connectivity index (χ1) is 16.0. The summed E-state index contributed by atoms with van der Waals surface area (Å²) in [4.78, 5) is 35.1. The van der Waals surface area contributed by atoms with Crippen molar-refractivity contribution < 1.29 is 14.3 Å². The Labute approximate surface area is 197 Å². The normalized spacial score (nSPS) is 18.3. The molecule has 0 radical (unpaired) electrons. The topological polar surface area (TPSA) is 73.7 Å². The van der Waals surface area contributed by atoms with Gasteiger partial charge < -0.3 is 14.4 Å². The molecular weight excluding hydrogens is 438 g/mol. The molecule has 8 heteroatoms. The number of ether oxygens (including phenoxy) is 2. The van der Waals surface area contributed by atoms with E-state index in [9.17, 15) is 9.59 Å². The minimum Gasteiger partial charge on any atom is -0.493 e. The van der Waals surface area contributed by atoms with Gasteiger partial charge in [0, 0.05) is 19.5 Å². The fourth-order valence-corrected chi connectivity index (χ4v) is 6.31. The molecule has 33 heavy (non-hydrogen) atoms. The number of aryl methyl sites for hydroxylation is 2. The van der Waals surface area contributed by atoms with E-state index in [1.807, 2.05) is 34.6 Å². The highest BCUT2D eigenvalue weighted by Gasteiger charge is 2.33. The molecule has 2 aliphatic heterocycles. The summed E-state index contributed by atoms with van der Waals surface area (Å²) in [5, 5.41) is 0.607. The zero-order valence-corrected chi connectivity index (χ0v) is 20.2. The second-order valence-electron chi connectivity index (χ2n) is 8.80. The maximum absolute atomic E-state index is 13.7. The summed E-state index contributed by atoms with van der Waals surface area (Å²) in [6.07, 6.45) is 5.81. The average Bonchev–Trinajstić information content (AvgIpc) is 3.36. The number of hydrogen-bond acceptors (Lipinski definition) is 6. The Morgan fingerprint density at radius 1 is 1.09 bits per heavy atom. The van der Waals surface area contributed by atoms with Gasteiger partial charge >= 0.3 is 0 Å². The van der Waals surface area contributed by atoms with Crippen molar-refractivity contribution in [2.24, 2.45) is 0 Å². The van der Waals surface area contributed by atoms with Crippen LogP contribution in [0.5, 0.6) is 11.5 Å². The van der Waals surface area contributed by atoms with Gasteiger partial charge in [0.05, 0.1) is 30.5 Å². The van der Waals surface area contributed by atoms with Gasteiger partial charge in [0.2, 0.25) is 0 Å². The third kappa shape index (κ3) is 3.70. The number of carbonyl (C=O) groups is 1. The van der Waals surface area contributed by atoms with E-state index in [-0.39, 0.29) is 17.5 Å². The quantitative estimate of drug-likeness (QED) is 0.565. The fourth-order valence-electron chi connectivity index (χ4n) is 5.16. The second-order valence-corrected chi connectivity index (χ2v) is 9.80. The van der Waals surface area contributed by atoms with Crippen LogP contribution in [0.4, 0.5) is 0 Å². The van der Waals surface area contributed by atoms with Crippen LogP contribution in [0.2, 0.25) is 0 Å². The zero-order chi connectivity index (χ0) is 23.1. The van der Waals surface area contributed by atoms with Crippen LogP contribution in [0.3, 0.4) is 0 Å². The minimum atomic E-state index is -0.0345. The van der Waals surface area contributed by atoms with E-state index in [2.05, 4.69) is 0 Å². The zero-order valence-electron chi connectivity index (χ0n) is 19.3. The second kappa shape index (κ2) is 8.82. The van der Waals surface area contributed by atoms with Crippen LogP contribution in [-0.2, 0) is 13.0 Å². The van der Waals surface area contributed by atoms with Crippen molar-refractivity contribution in [3.63, 3.8) is 0 Å². The van der Waals surface area contributed by atoms with Crippen LogP contribution >= 0.6 is 11.3 Å². The highest BCUT2D eigenvalue weighted by Crippen LogP contribution is 2.39. The summed E-state index contributed by atoms with van der Waals surface area (Å²) in [5.74, 6) is 2.16. The summed E-state index contributed by atoms with van der Waals surface area (Å²) in [5.41, 5.74) is 1.79. The number of rotatable bonds is 4. The van der Waals surface area contributed by atoms with Gasteiger partial charge in [-0.25, -0.2) is 4.98 Å². The summed E-state index contributed by atoms with van der Waals surface area (Å²) in [6.45, 7) is 3.29. The van der Waals surface area contributed by atoms with Gasteiger partial charge in [-0.3, -0.25) is 14.2 Å². The van der Waals surface area contributed by atoms with E-state index >= 15 is 0 Å². The van der Waals surface area contributed by atoms with Crippen molar-refractivity contribution in [3.05, 3.63) is 50.4 Å². The molecule has 0 bridgehead atoms. The number of benzene rings is 1. The Balaban J connectivity index is 1.52. The smallest absolute Gasteiger partial charge is 0.264 e. The number of fused-ring (bicyclic) bond motifs is 2. The third-order valence-corrected chi connectivity index (χ3v) is 8.09. The van der Waals surface area contributed by atoms with Gasteiger partial charge in [0.1, 0.15) is 10.7 Å². The molecule has 2 aromatic heterocycles. The lowest BCUT2D eigenvalue weighted by molar-refractivity contribution is 0.0740. The molecule has 0 unspecified atom stereocenters. The molecular formula is C25H29N3O4S. The molecule has 2 aliphatic rings. The van der Waals surface area contributed by atoms with Crippen molar-refractivity contribution >= 4 is 27.5 Å². The highest BCUT2D eigenvalue weighted by atomic mass is 32.1. The number of nitrogens with zero attached hydrogens (tertiary/aromatic N) is 3. The largest absolute Gasteiger partial charge is 0.493 e. The van der Waals surface area contributed by atoms with Crippen molar-refractivity contribution in [2.75, 3.05) is 20.8 Å². The Hall–Kier alpha value is -2.87. The van der Waals surface area contributed by atoms with Crippen LogP contribution in [0, 0.1) is 6.92 Å². The van der Waals surface area contributed by atoms with Crippen LogP contribution < -0.4 is 15.0 Å². The molecule has 1 saturated heterocycles. The summed E-state index contributed by atoms with van der Waals surface area (Å²) in [7, 11) is 3.23. The predicted octanol–water partition coefficient (Wildman–Crippen LogP) is 4.49. The Morgan fingerprint density at radius 2 is 1.91 bits per heavy atom. The molecule has 0 spiro atoms. The Kier molecular flexibility index (Phi) is 5.86. The summed E-state index contributed by atoms with van der Waals surface area (Å²) < 4.78 is 12.7. The van der Waals surface area contributed by atoms with E-state index in [1.54, 1.807) is 14.2 Å². The van der Waals surface area contributed by atoms with E-state index in [1.165, 1.54) is 11.3 Å². The highest BCUT2D eigenvalue weighted by molar-refractivity contribution is 7.20. The molecule has 1 atom stereocenters. The van der Waals surface area contributed by atoms with Gasteiger partial charge in [-0.05, 0) is 55.9 Å². The number of methoxy groups -OCH3 is 2. The van der Waals surface area contributed by atoms with E-state index in [4.69, 9.17) is 14.5 Å². The van der Waals surface area contributed by atoms with Crippen molar-refractivity contribution in [1.29, 1.82) is 0 Å². The molecule has 7 nitrogen and oxygen atoms in total. The number of likely N-dealkylation sites (tertiary alicyclic amines) is 1. The predicted molar refractivity (Wildman–Crippen MR) is 129 cm³/mol. The van der Waals surface area contributed by atoms with Gasteiger partial charge in [-0.2, -0.15) is 0 Å². The number of hydrogen-bond donors (Lipinski definition) is 0. The molecule has 174 valence electrons. The molecule has 1 amide bonds. The van der Waals surface area contributed by atoms with Crippen molar-refractivity contribution in [3.8, 4) is 11.5 Å². The lowest BCUT2D eigenvalue weighted by Gasteiger charge is -2.25. The fraction of sp³-hybridized carbons (Fsp3) is 0.480. The van der Waals surface area contributed by atoms with E-state index in [0.717, 1.165) is 55.5 Å².